The molecule has 0 bridgehead atoms. The van der Waals surface area contributed by atoms with Crippen LogP contribution >= 0.6 is 0 Å². The number of carbonyl (C=O) groups is 2. The van der Waals surface area contributed by atoms with E-state index in [9.17, 15) is 9.59 Å². The van der Waals surface area contributed by atoms with Crippen molar-refractivity contribution in [2.45, 2.75) is 56.7 Å². The Bertz CT molecular complexity index is 1130. The molecule has 1 aliphatic heterocycles. The largest absolute Gasteiger partial charge is 0.464 e. The molecular formula is C24H30N6O3. The molecule has 0 spiro atoms. The Labute approximate surface area is 192 Å². The Balaban J connectivity index is 1.25. The number of nitrogens with one attached hydrogen (secondary N) is 2. The number of aromatic amines is 1. The zero-order chi connectivity index (χ0) is 22.8. The number of methoxy groups -OCH3 is 1. The number of H-pyrrole nitrogens is 1. The fraction of sp³-hybridized carbons (Fsp3) is 0.500. The van der Waals surface area contributed by atoms with Crippen LogP contribution in [0.5, 0.6) is 0 Å². The number of benzene rings is 1. The first kappa shape index (κ1) is 21.6. The Morgan fingerprint density at radius 2 is 2.03 bits per heavy atom. The minimum atomic E-state index is -0.501. The number of ether oxygens (including phenoxy) is 1. The van der Waals surface area contributed by atoms with E-state index in [4.69, 9.17) is 4.74 Å². The molecule has 1 saturated carbocycles. The number of hydrogen-bond donors (Lipinski definition) is 2. The maximum Gasteiger partial charge on any atom is 0.360 e. The summed E-state index contributed by atoms with van der Waals surface area (Å²) in [4.78, 5) is 30.7. The smallest absolute Gasteiger partial charge is 0.360 e. The van der Waals surface area contributed by atoms with E-state index in [1.807, 2.05) is 18.3 Å². The Morgan fingerprint density at radius 1 is 1.21 bits per heavy atom. The Hall–Kier alpha value is -3.20. The quantitative estimate of drug-likeness (QED) is 0.536. The van der Waals surface area contributed by atoms with Gasteiger partial charge < -0.3 is 15.0 Å². The summed E-state index contributed by atoms with van der Waals surface area (Å²) >= 11 is 0. The van der Waals surface area contributed by atoms with Gasteiger partial charge in [-0.1, -0.05) is 36.3 Å². The number of aromatic nitrogens is 4. The number of para-hydroxylation sites is 1. The molecule has 2 atom stereocenters. The van der Waals surface area contributed by atoms with Gasteiger partial charge in [-0.3, -0.25) is 9.69 Å². The van der Waals surface area contributed by atoms with Gasteiger partial charge in [-0.25, -0.2) is 9.48 Å². The highest BCUT2D eigenvalue weighted by Crippen LogP contribution is 2.34. The normalized spacial score (nSPS) is 21.6. The first-order valence-electron chi connectivity index (χ1n) is 11.7. The molecule has 1 aliphatic carbocycles. The zero-order valence-corrected chi connectivity index (χ0v) is 18.9. The SMILES string of the molecule is COC(=O)c1cn([C@H]2C[C@@H](C(=O)NCCc3c[nH]c4ccccc34)N(C3CCCC3)C2)nn1. The molecule has 1 saturated heterocycles. The van der Waals surface area contributed by atoms with E-state index in [1.54, 1.807) is 10.9 Å². The topological polar surface area (TPSA) is 105 Å². The highest BCUT2D eigenvalue weighted by atomic mass is 16.5. The minimum Gasteiger partial charge on any atom is -0.464 e. The molecule has 33 heavy (non-hydrogen) atoms. The maximum atomic E-state index is 13.3. The summed E-state index contributed by atoms with van der Waals surface area (Å²) in [6.07, 6.45) is 9.73. The van der Waals surface area contributed by atoms with Gasteiger partial charge >= 0.3 is 5.97 Å². The van der Waals surface area contributed by atoms with Crippen LogP contribution in [0.3, 0.4) is 0 Å². The number of likely N-dealkylation sites (tertiary alicyclic amines) is 1. The number of esters is 1. The van der Waals surface area contributed by atoms with Crippen LogP contribution in [0.2, 0.25) is 0 Å². The van der Waals surface area contributed by atoms with Gasteiger partial charge in [-0.05, 0) is 37.3 Å². The molecule has 9 nitrogen and oxygen atoms in total. The number of rotatable bonds is 7. The molecule has 2 aliphatic rings. The molecule has 3 aromatic rings. The summed E-state index contributed by atoms with van der Waals surface area (Å²) in [6.45, 7) is 1.32. The average molecular weight is 451 g/mol. The molecule has 5 rings (SSSR count). The molecule has 2 aromatic heterocycles. The van der Waals surface area contributed by atoms with E-state index in [2.05, 4.69) is 37.6 Å². The third kappa shape index (κ3) is 4.37. The van der Waals surface area contributed by atoms with Crippen LogP contribution < -0.4 is 5.32 Å². The van der Waals surface area contributed by atoms with E-state index in [0.717, 1.165) is 31.3 Å². The van der Waals surface area contributed by atoms with Crippen LogP contribution in [-0.2, 0) is 16.0 Å². The van der Waals surface area contributed by atoms with Gasteiger partial charge in [0, 0.05) is 36.2 Å². The van der Waals surface area contributed by atoms with E-state index in [1.165, 1.54) is 30.9 Å². The van der Waals surface area contributed by atoms with E-state index >= 15 is 0 Å². The molecule has 3 heterocycles. The number of nitrogens with zero attached hydrogens (tertiary/aromatic N) is 4. The van der Waals surface area contributed by atoms with Crippen molar-refractivity contribution < 1.29 is 14.3 Å². The van der Waals surface area contributed by atoms with Gasteiger partial charge in [0.25, 0.3) is 0 Å². The van der Waals surface area contributed by atoms with Crippen LogP contribution in [-0.4, -0.2) is 69.0 Å². The number of fused-ring (bicyclic) bond motifs is 1. The van der Waals surface area contributed by atoms with Crippen molar-refractivity contribution in [2.24, 2.45) is 0 Å². The summed E-state index contributed by atoms with van der Waals surface area (Å²) in [5.41, 5.74) is 2.52. The number of amides is 1. The van der Waals surface area contributed by atoms with Gasteiger partial charge in [0.15, 0.2) is 5.69 Å². The lowest BCUT2D eigenvalue weighted by Gasteiger charge is -2.29. The lowest BCUT2D eigenvalue weighted by molar-refractivity contribution is -0.126. The van der Waals surface area contributed by atoms with Crippen LogP contribution in [0.1, 0.15) is 54.2 Å². The zero-order valence-electron chi connectivity index (χ0n) is 18.9. The van der Waals surface area contributed by atoms with Gasteiger partial charge in [0.2, 0.25) is 5.91 Å². The second kappa shape index (κ2) is 9.35. The van der Waals surface area contributed by atoms with Crippen LogP contribution in [0, 0.1) is 0 Å². The van der Waals surface area contributed by atoms with Crippen LogP contribution in [0.15, 0.2) is 36.7 Å². The second-order valence-electron chi connectivity index (χ2n) is 9.02. The number of hydrogen-bond acceptors (Lipinski definition) is 6. The first-order valence-corrected chi connectivity index (χ1v) is 11.7. The molecule has 0 unspecified atom stereocenters. The monoisotopic (exact) mass is 450 g/mol. The summed E-state index contributed by atoms with van der Waals surface area (Å²) in [5.74, 6) is -0.434. The molecule has 0 radical (unpaired) electrons. The maximum absolute atomic E-state index is 13.3. The fourth-order valence-corrected chi connectivity index (χ4v) is 5.36. The van der Waals surface area contributed by atoms with E-state index < -0.39 is 5.97 Å². The van der Waals surface area contributed by atoms with Gasteiger partial charge in [0.05, 0.1) is 25.4 Å². The standard InChI is InChI=1S/C24H30N6O3/c1-33-24(32)21-15-30(28-27-21)18-12-22(29(14-18)17-6-2-3-7-17)23(31)25-11-10-16-13-26-20-9-5-4-8-19(16)20/h4-5,8-9,13,15,17-18,22,26H,2-3,6-7,10-12,14H2,1H3,(H,25,31)/t18-,22-/m0/s1. The molecule has 1 amide bonds. The fourth-order valence-electron chi connectivity index (χ4n) is 5.36. The summed E-state index contributed by atoms with van der Waals surface area (Å²) in [5, 5.41) is 12.5. The van der Waals surface area contributed by atoms with Gasteiger partial charge in [-0.2, -0.15) is 0 Å². The van der Waals surface area contributed by atoms with E-state index in [0.29, 0.717) is 19.0 Å². The molecule has 2 fully saturated rings. The van der Waals surface area contributed by atoms with Crippen molar-refractivity contribution in [1.82, 2.24) is 30.2 Å². The van der Waals surface area contributed by atoms with Crippen molar-refractivity contribution in [1.29, 1.82) is 0 Å². The van der Waals surface area contributed by atoms with Crippen molar-refractivity contribution >= 4 is 22.8 Å². The Morgan fingerprint density at radius 3 is 2.85 bits per heavy atom. The summed E-state index contributed by atoms with van der Waals surface area (Å²) in [7, 11) is 1.33. The van der Waals surface area contributed by atoms with E-state index in [-0.39, 0.29) is 23.7 Å². The summed E-state index contributed by atoms with van der Waals surface area (Å²) < 4.78 is 6.46. The van der Waals surface area contributed by atoms with Gasteiger partial charge in [-0.15, -0.1) is 5.10 Å². The van der Waals surface area contributed by atoms with Crippen LogP contribution in [0.4, 0.5) is 0 Å². The molecule has 1 aromatic carbocycles. The molecular weight excluding hydrogens is 420 g/mol. The minimum absolute atomic E-state index is 0.000809. The number of carbonyl (C=O) groups excluding carboxylic acids is 2. The molecule has 9 heteroatoms. The van der Waals surface area contributed by atoms with Crippen molar-refractivity contribution in [3.63, 3.8) is 0 Å². The van der Waals surface area contributed by atoms with Crippen LogP contribution in [0.25, 0.3) is 10.9 Å². The lowest BCUT2D eigenvalue weighted by atomic mass is 10.1. The third-order valence-corrected chi connectivity index (χ3v) is 7.06. The predicted molar refractivity (Wildman–Crippen MR) is 123 cm³/mol. The average Bonchev–Trinajstić information content (AvgIpc) is 3.63. The van der Waals surface area contributed by atoms with Crippen molar-refractivity contribution in [3.8, 4) is 0 Å². The second-order valence-corrected chi connectivity index (χ2v) is 9.02. The predicted octanol–water partition coefficient (Wildman–Crippen LogP) is 2.46. The van der Waals surface area contributed by atoms with Crippen molar-refractivity contribution in [3.05, 3.63) is 47.9 Å². The van der Waals surface area contributed by atoms with Gasteiger partial charge in [0.1, 0.15) is 0 Å². The third-order valence-electron chi connectivity index (χ3n) is 7.06. The Kier molecular flexibility index (Phi) is 6.13. The van der Waals surface area contributed by atoms with Crippen molar-refractivity contribution in [2.75, 3.05) is 20.2 Å². The molecule has 174 valence electrons. The summed E-state index contributed by atoms with van der Waals surface area (Å²) in [6, 6.07) is 8.43. The first-order chi connectivity index (χ1) is 16.1. The molecule has 2 N–H and O–H groups in total. The highest BCUT2D eigenvalue weighted by Gasteiger charge is 2.42. The highest BCUT2D eigenvalue weighted by molar-refractivity contribution is 5.86. The lowest BCUT2D eigenvalue weighted by Crippen LogP contribution is -2.47.